The highest BCUT2D eigenvalue weighted by molar-refractivity contribution is 5.69. The summed E-state index contributed by atoms with van der Waals surface area (Å²) in [5, 5.41) is 9.87. The second-order valence-corrected chi connectivity index (χ2v) is 6.32. The molecule has 0 radical (unpaired) electrons. The maximum atomic E-state index is 11.2. The fourth-order valence-corrected chi connectivity index (χ4v) is 2.76. The topological polar surface area (TPSA) is 72.8 Å². The molecule has 144 valence electrons. The molecule has 0 heterocycles. The van der Waals surface area contributed by atoms with Gasteiger partial charge in [-0.1, -0.05) is 43.2 Å². The molecule has 0 saturated heterocycles. The number of benzene rings is 1. The summed E-state index contributed by atoms with van der Waals surface area (Å²) < 4.78 is 9.33. The van der Waals surface area contributed by atoms with Gasteiger partial charge in [-0.3, -0.25) is 9.59 Å². The van der Waals surface area contributed by atoms with Crippen molar-refractivity contribution in [1.29, 1.82) is 0 Å². The summed E-state index contributed by atoms with van der Waals surface area (Å²) in [4.78, 5) is 22.4. The average Bonchev–Trinajstić information content (AvgIpc) is 2.66. The lowest BCUT2D eigenvalue weighted by Gasteiger charge is -2.13. The van der Waals surface area contributed by atoms with Crippen molar-refractivity contribution in [3.8, 4) is 5.75 Å². The van der Waals surface area contributed by atoms with Crippen molar-refractivity contribution in [3.05, 3.63) is 35.9 Å². The average molecular weight is 362 g/mol. The second-order valence-electron chi connectivity index (χ2n) is 6.32. The molecule has 0 unspecified atom stereocenters. The van der Waals surface area contributed by atoms with Gasteiger partial charge in [-0.25, -0.2) is 0 Å². The first kappa shape index (κ1) is 21.7. The van der Waals surface area contributed by atoms with Crippen LogP contribution in [0.15, 0.2) is 30.3 Å². The molecule has 1 rings (SSSR count). The smallest absolute Gasteiger partial charge is 0.305 e. The number of carbonyl (C=O) groups is 2. The largest absolute Gasteiger partial charge is 0.507 e. The number of aromatic hydroxyl groups is 1. The lowest BCUT2D eigenvalue weighted by molar-refractivity contribution is -0.141. The number of hydrogen-bond donors (Lipinski definition) is 1. The minimum Gasteiger partial charge on any atom is -0.507 e. The summed E-state index contributed by atoms with van der Waals surface area (Å²) >= 11 is 0. The Hall–Kier alpha value is -2.30. The van der Waals surface area contributed by atoms with Gasteiger partial charge in [-0.15, -0.1) is 0 Å². The van der Waals surface area contributed by atoms with Crippen molar-refractivity contribution in [2.45, 2.75) is 51.4 Å². The monoisotopic (exact) mass is 362 g/mol. The van der Waals surface area contributed by atoms with Crippen LogP contribution in [0.4, 0.5) is 0 Å². The third-order valence-corrected chi connectivity index (χ3v) is 4.35. The Balaban J connectivity index is 2.52. The number of hydrogen-bond acceptors (Lipinski definition) is 5. The molecule has 0 aliphatic rings. The molecule has 0 bridgehead atoms. The second kappa shape index (κ2) is 13.0. The number of carbonyl (C=O) groups excluding carboxylic acids is 2. The maximum Gasteiger partial charge on any atom is 0.305 e. The molecule has 0 aliphatic heterocycles. The first-order valence-corrected chi connectivity index (χ1v) is 9.16. The van der Waals surface area contributed by atoms with Crippen molar-refractivity contribution in [1.82, 2.24) is 0 Å². The van der Waals surface area contributed by atoms with E-state index in [1.54, 1.807) is 12.1 Å². The van der Waals surface area contributed by atoms with Crippen molar-refractivity contribution >= 4 is 18.0 Å². The minimum absolute atomic E-state index is 0.177. The van der Waals surface area contributed by atoms with Gasteiger partial charge < -0.3 is 14.6 Å². The molecule has 5 nitrogen and oxygen atoms in total. The Kier molecular flexibility index (Phi) is 10.9. The number of methoxy groups -OCH3 is 2. The van der Waals surface area contributed by atoms with Gasteiger partial charge in [0.25, 0.3) is 0 Å². The van der Waals surface area contributed by atoms with E-state index in [9.17, 15) is 14.7 Å². The van der Waals surface area contributed by atoms with Gasteiger partial charge in [0.1, 0.15) is 5.75 Å². The highest BCUT2D eigenvalue weighted by Crippen LogP contribution is 2.23. The van der Waals surface area contributed by atoms with Gasteiger partial charge in [0.15, 0.2) is 0 Å². The van der Waals surface area contributed by atoms with E-state index in [1.807, 2.05) is 18.2 Å². The maximum absolute atomic E-state index is 11.2. The molecule has 0 saturated carbocycles. The van der Waals surface area contributed by atoms with Gasteiger partial charge in [0.05, 0.1) is 14.2 Å². The number of rotatable bonds is 12. The molecule has 0 fully saturated rings. The highest BCUT2D eigenvalue weighted by Gasteiger charge is 2.08. The lowest BCUT2D eigenvalue weighted by atomic mass is 9.93. The molecule has 1 N–H and O–H groups in total. The van der Waals surface area contributed by atoms with Crippen molar-refractivity contribution < 1.29 is 24.2 Å². The number of phenolic OH excluding ortho intramolecular Hbond substituents is 1. The third-order valence-electron chi connectivity index (χ3n) is 4.35. The van der Waals surface area contributed by atoms with Crippen molar-refractivity contribution in [3.63, 3.8) is 0 Å². The summed E-state index contributed by atoms with van der Waals surface area (Å²) in [6.07, 6.45) is 10.3. The van der Waals surface area contributed by atoms with Crippen LogP contribution in [-0.4, -0.2) is 31.3 Å². The Morgan fingerprint density at radius 1 is 0.962 bits per heavy atom. The van der Waals surface area contributed by atoms with E-state index in [-0.39, 0.29) is 17.7 Å². The first-order chi connectivity index (χ1) is 12.6. The molecule has 0 amide bonds. The summed E-state index contributed by atoms with van der Waals surface area (Å²) in [7, 11) is 2.81. The lowest BCUT2D eigenvalue weighted by Crippen LogP contribution is -2.03. The Bertz CT molecular complexity index is 556. The van der Waals surface area contributed by atoms with E-state index in [0.29, 0.717) is 18.8 Å². The number of para-hydroxylation sites is 1. The molecule has 5 heteroatoms. The molecule has 26 heavy (non-hydrogen) atoms. The fraction of sp³-hybridized carbons (Fsp3) is 0.524. The van der Waals surface area contributed by atoms with Crippen LogP contribution in [0.25, 0.3) is 6.08 Å². The molecule has 1 aromatic rings. The minimum atomic E-state index is -0.177. The molecular weight excluding hydrogens is 332 g/mol. The number of phenols is 1. The zero-order valence-electron chi connectivity index (χ0n) is 15.8. The number of esters is 2. The van der Waals surface area contributed by atoms with Gasteiger partial charge in [-0.2, -0.15) is 0 Å². The molecule has 0 atom stereocenters. The van der Waals surface area contributed by atoms with E-state index < -0.39 is 0 Å². The predicted octanol–water partition coefficient (Wildman–Crippen LogP) is 4.49. The SMILES string of the molecule is COC(=O)CCCCC(C=Cc1ccccc1O)CCCCC(=O)OC. The number of ether oxygens (including phenoxy) is 2. The van der Waals surface area contributed by atoms with Gasteiger partial charge in [0, 0.05) is 18.4 Å². The van der Waals surface area contributed by atoms with Crippen LogP contribution in [0, 0.1) is 5.92 Å². The summed E-state index contributed by atoms with van der Waals surface area (Å²) in [6.45, 7) is 0. The summed E-state index contributed by atoms with van der Waals surface area (Å²) in [5.74, 6) is 0.248. The van der Waals surface area contributed by atoms with Crippen LogP contribution in [0.1, 0.15) is 56.9 Å². The molecular formula is C21H30O5. The first-order valence-electron chi connectivity index (χ1n) is 9.16. The van der Waals surface area contributed by atoms with Crippen molar-refractivity contribution in [2.24, 2.45) is 5.92 Å². The zero-order chi connectivity index (χ0) is 19.2. The van der Waals surface area contributed by atoms with E-state index in [0.717, 1.165) is 44.1 Å². The van der Waals surface area contributed by atoms with Crippen molar-refractivity contribution in [2.75, 3.05) is 14.2 Å². The van der Waals surface area contributed by atoms with E-state index >= 15 is 0 Å². The predicted molar refractivity (Wildman–Crippen MR) is 102 cm³/mol. The quantitative estimate of drug-likeness (QED) is 0.438. The Morgan fingerprint density at radius 3 is 2.00 bits per heavy atom. The standard InChI is InChI=1S/C21H30O5/c1-25-20(23)13-7-3-9-17(10-4-8-14-21(24)26-2)15-16-18-11-5-6-12-19(18)22/h5-6,11-12,15-17,22H,3-4,7-10,13-14H2,1-2H3. The molecule has 0 spiro atoms. The van der Waals surface area contributed by atoms with Gasteiger partial charge in [0.2, 0.25) is 0 Å². The van der Waals surface area contributed by atoms with E-state index in [4.69, 9.17) is 0 Å². The van der Waals surface area contributed by atoms with Crippen LogP contribution >= 0.6 is 0 Å². The Morgan fingerprint density at radius 2 is 1.50 bits per heavy atom. The normalized spacial score (nSPS) is 11.0. The van der Waals surface area contributed by atoms with Crippen LogP contribution in [0.2, 0.25) is 0 Å². The van der Waals surface area contributed by atoms with Gasteiger partial charge >= 0.3 is 11.9 Å². The Labute approximate surface area is 156 Å². The highest BCUT2D eigenvalue weighted by atomic mass is 16.5. The van der Waals surface area contributed by atoms with Crippen LogP contribution in [0.5, 0.6) is 5.75 Å². The van der Waals surface area contributed by atoms with Crippen LogP contribution in [0.3, 0.4) is 0 Å². The van der Waals surface area contributed by atoms with E-state index in [1.165, 1.54) is 14.2 Å². The third kappa shape index (κ3) is 9.25. The number of allylic oxidation sites excluding steroid dienone is 1. The molecule has 1 aromatic carbocycles. The number of unbranched alkanes of at least 4 members (excludes halogenated alkanes) is 2. The van der Waals surface area contributed by atoms with Gasteiger partial charge in [-0.05, 0) is 37.7 Å². The molecule has 0 aliphatic carbocycles. The van der Waals surface area contributed by atoms with Crippen LogP contribution in [-0.2, 0) is 19.1 Å². The molecule has 0 aromatic heterocycles. The van der Waals surface area contributed by atoms with Crippen LogP contribution < -0.4 is 0 Å². The fourth-order valence-electron chi connectivity index (χ4n) is 2.76. The zero-order valence-corrected chi connectivity index (χ0v) is 15.8. The summed E-state index contributed by atoms with van der Waals surface area (Å²) in [6, 6.07) is 7.23. The van der Waals surface area contributed by atoms with E-state index in [2.05, 4.69) is 15.5 Å². The summed E-state index contributed by atoms with van der Waals surface area (Å²) in [5.41, 5.74) is 0.793.